The molecule has 0 bridgehead atoms. The maximum atomic E-state index is 5.98. The Morgan fingerprint density at radius 1 is 1.00 bits per heavy atom. The fourth-order valence-electron chi connectivity index (χ4n) is 2.31. The quantitative estimate of drug-likeness (QED) is 0.718. The van der Waals surface area contributed by atoms with Crippen molar-refractivity contribution in [2.75, 3.05) is 30.0 Å². The van der Waals surface area contributed by atoms with Crippen molar-refractivity contribution in [3.63, 3.8) is 0 Å². The van der Waals surface area contributed by atoms with Crippen molar-refractivity contribution in [1.29, 1.82) is 0 Å². The Bertz CT molecular complexity index is 763. The van der Waals surface area contributed by atoms with Gasteiger partial charge in [-0.15, -0.1) is 0 Å². The number of nitrogens with two attached hydrogens (primary N) is 1. The third-order valence-corrected chi connectivity index (χ3v) is 3.46. The van der Waals surface area contributed by atoms with Gasteiger partial charge in [-0.25, -0.2) is 0 Å². The lowest BCUT2D eigenvalue weighted by atomic mass is 10.1. The lowest BCUT2D eigenvalue weighted by Crippen LogP contribution is -2.08. The topological polar surface area (TPSA) is 54.2 Å². The molecule has 0 aliphatic carbocycles. The first-order valence-corrected chi connectivity index (χ1v) is 6.83. The predicted octanol–water partition coefficient (Wildman–Crippen LogP) is 3.63. The smallest absolute Gasteiger partial charge is 0.0951 e. The van der Waals surface area contributed by atoms with Crippen LogP contribution in [-0.2, 0) is 0 Å². The molecule has 4 nitrogen and oxygen atoms in total. The van der Waals surface area contributed by atoms with Crippen LogP contribution in [0.25, 0.3) is 10.9 Å². The van der Waals surface area contributed by atoms with Gasteiger partial charge in [0.25, 0.3) is 0 Å². The molecule has 3 N–H and O–H groups in total. The van der Waals surface area contributed by atoms with Crippen LogP contribution in [-0.4, -0.2) is 19.1 Å². The lowest BCUT2D eigenvalue weighted by molar-refractivity contribution is 1.13. The molecule has 21 heavy (non-hydrogen) atoms. The van der Waals surface area contributed by atoms with Crippen molar-refractivity contribution in [3.8, 4) is 0 Å². The maximum absolute atomic E-state index is 5.98. The molecular weight excluding hydrogens is 260 g/mol. The molecule has 0 saturated heterocycles. The zero-order valence-corrected chi connectivity index (χ0v) is 12.2. The van der Waals surface area contributed by atoms with Gasteiger partial charge in [0.2, 0.25) is 0 Å². The summed E-state index contributed by atoms with van der Waals surface area (Å²) in [4.78, 5) is 6.42. The highest BCUT2D eigenvalue weighted by molar-refractivity contribution is 5.98. The lowest BCUT2D eigenvalue weighted by Gasteiger charge is -2.14. The number of anilines is 4. The summed E-state index contributed by atoms with van der Waals surface area (Å²) in [5.74, 6) is 0. The van der Waals surface area contributed by atoms with E-state index >= 15 is 0 Å². The van der Waals surface area contributed by atoms with E-state index in [1.807, 2.05) is 38.4 Å². The highest BCUT2D eigenvalue weighted by Crippen LogP contribution is 2.28. The van der Waals surface area contributed by atoms with Crippen molar-refractivity contribution in [2.24, 2.45) is 0 Å². The molecule has 1 heterocycles. The van der Waals surface area contributed by atoms with E-state index < -0.39 is 0 Å². The van der Waals surface area contributed by atoms with Crippen LogP contribution in [0.1, 0.15) is 0 Å². The number of nitrogens with one attached hydrogen (secondary N) is 1. The van der Waals surface area contributed by atoms with Crippen molar-refractivity contribution in [1.82, 2.24) is 4.98 Å². The van der Waals surface area contributed by atoms with E-state index in [-0.39, 0.29) is 0 Å². The standard InChI is InChI=1S/C17H18N4/c1-21(2)13-8-6-12(7-9-13)20-16-10-11-19-17-14(16)4-3-5-15(17)18/h3-11H,18H2,1-2H3,(H,19,20). The second-order valence-electron chi connectivity index (χ2n) is 5.17. The summed E-state index contributed by atoms with van der Waals surface area (Å²) in [6.07, 6.45) is 1.77. The van der Waals surface area contributed by atoms with Gasteiger partial charge in [0.1, 0.15) is 0 Å². The highest BCUT2D eigenvalue weighted by atomic mass is 15.1. The molecule has 0 amide bonds. The van der Waals surface area contributed by atoms with Crippen LogP contribution < -0.4 is 16.0 Å². The van der Waals surface area contributed by atoms with E-state index in [1.54, 1.807) is 6.20 Å². The third kappa shape index (κ3) is 2.60. The van der Waals surface area contributed by atoms with Crippen molar-refractivity contribution in [2.45, 2.75) is 0 Å². The number of nitrogen functional groups attached to an aromatic ring is 1. The molecule has 0 spiro atoms. The van der Waals surface area contributed by atoms with Gasteiger partial charge < -0.3 is 16.0 Å². The molecule has 3 aromatic rings. The second-order valence-corrected chi connectivity index (χ2v) is 5.17. The minimum atomic E-state index is 0.694. The van der Waals surface area contributed by atoms with Crippen molar-refractivity contribution < 1.29 is 0 Å². The fourth-order valence-corrected chi connectivity index (χ4v) is 2.31. The van der Waals surface area contributed by atoms with E-state index in [4.69, 9.17) is 5.73 Å². The molecule has 4 heteroatoms. The minimum Gasteiger partial charge on any atom is -0.397 e. The monoisotopic (exact) mass is 278 g/mol. The number of hydrogen-bond acceptors (Lipinski definition) is 4. The summed E-state index contributed by atoms with van der Waals surface area (Å²) in [5.41, 5.74) is 10.7. The van der Waals surface area contributed by atoms with E-state index in [2.05, 4.69) is 39.5 Å². The average Bonchev–Trinajstić information content (AvgIpc) is 2.49. The Morgan fingerprint density at radius 2 is 1.76 bits per heavy atom. The summed E-state index contributed by atoms with van der Waals surface area (Å²) in [5, 5.41) is 4.45. The highest BCUT2D eigenvalue weighted by Gasteiger charge is 2.04. The molecule has 0 fully saturated rings. The molecule has 0 atom stereocenters. The molecule has 0 saturated carbocycles. The van der Waals surface area contributed by atoms with E-state index in [9.17, 15) is 0 Å². The Labute approximate surface area is 124 Å². The SMILES string of the molecule is CN(C)c1ccc(Nc2ccnc3c(N)cccc23)cc1. The molecule has 0 radical (unpaired) electrons. The number of rotatable bonds is 3. The Kier molecular flexibility index (Phi) is 3.36. The Morgan fingerprint density at radius 3 is 2.48 bits per heavy atom. The van der Waals surface area contributed by atoms with Crippen LogP contribution in [0.2, 0.25) is 0 Å². The summed E-state index contributed by atoms with van der Waals surface area (Å²) >= 11 is 0. The van der Waals surface area contributed by atoms with Crippen LogP contribution in [0.4, 0.5) is 22.7 Å². The Hall–Kier alpha value is -2.75. The summed E-state index contributed by atoms with van der Waals surface area (Å²) < 4.78 is 0. The number of nitrogens with zero attached hydrogens (tertiary/aromatic N) is 2. The second kappa shape index (κ2) is 5.32. The molecule has 0 aliphatic heterocycles. The first-order valence-electron chi connectivity index (χ1n) is 6.83. The van der Waals surface area contributed by atoms with E-state index in [0.717, 1.165) is 22.3 Å². The van der Waals surface area contributed by atoms with E-state index in [1.165, 1.54) is 5.69 Å². The van der Waals surface area contributed by atoms with Crippen LogP contribution in [0, 0.1) is 0 Å². The zero-order chi connectivity index (χ0) is 14.8. The predicted molar refractivity (Wildman–Crippen MR) is 90.2 cm³/mol. The largest absolute Gasteiger partial charge is 0.397 e. The van der Waals surface area contributed by atoms with Crippen LogP contribution in [0.3, 0.4) is 0 Å². The summed E-state index contributed by atoms with van der Waals surface area (Å²) in [6.45, 7) is 0. The van der Waals surface area contributed by atoms with Crippen LogP contribution in [0.5, 0.6) is 0 Å². The summed E-state index contributed by atoms with van der Waals surface area (Å²) in [7, 11) is 4.06. The first kappa shape index (κ1) is 13.2. The molecule has 2 aromatic carbocycles. The number of fused-ring (bicyclic) bond motifs is 1. The maximum Gasteiger partial charge on any atom is 0.0951 e. The minimum absolute atomic E-state index is 0.694. The number of aromatic nitrogens is 1. The van der Waals surface area contributed by atoms with Gasteiger partial charge in [-0.3, -0.25) is 4.98 Å². The number of benzene rings is 2. The summed E-state index contributed by atoms with van der Waals surface area (Å²) in [6, 6.07) is 16.1. The van der Waals surface area contributed by atoms with Gasteiger partial charge in [0.15, 0.2) is 0 Å². The number of para-hydroxylation sites is 1. The number of hydrogen-bond donors (Lipinski definition) is 2. The van der Waals surface area contributed by atoms with Gasteiger partial charge in [-0.2, -0.15) is 0 Å². The van der Waals surface area contributed by atoms with Crippen LogP contribution in [0.15, 0.2) is 54.7 Å². The normalized spacial score (nSPS) is 10.6. The van der Waals surface area contributed by atoms with Gasteiger partial charge in [-0.1, -0.05) is 12.1 Å². The third-order valence-electron chi connectivity index (χ3n) is 3.46. The molecular formula is C17H18N4. The first-order chi connectivity index (χ1) is 10.1. The zero-order valence-electron chi connectivity index (χ0n) is 12.2. The van der Waals surface area contributed by atoms with Gasteiger partial charge >= 0.3 is 0 Å². The van der Waals surface area contributed by atoms with E-state index in [0.29, 0.717) is 5.69 Å². The van der Waals surface area contributed by atoms with Crippen molar-refractivity contribution >= 4 is 33.7 Å². The Balaban J connectivity index is 1.96. The molecule has 106 valence electrons. The average molecular weight is 278 g/mol. The number of pyridine rings is 1. The van der Waals surface area contributed by atoms with Gasteiger partial charge in [0.05, 0.1) is 11.2 Å². The van der Waals surface area contributed by atoms with Crippen molar-refractivity contribution in [3.05, 3.63) is 54.7 Å². The van der Waals surface area contributed by atoms with Gasteiger partial charge in [0, 0.05) is 42.7 Å². The molecule has 3 rings (SSSR count). The molecule has 0 aliphatic rings. The molecule has 0 unspecified atom stereocenters. The fraction of sp³-hybridized carbons (Fsp3) is 0.118. The van der Waals surface area contributed by atoms with Crippen LogP contribution >= 0.6 is 0 Å². The molecule has 1 aromatic heterocycles. The van der Waals surface area contributed by atoms with Gasteiger partial charge in [-0.05, 0) is 36.4 Å².